The molecule has 3 N–H and O–H groups in total. The standard InChI is InChI=1S/C14H22N5O8P/c1-14(2,3)13(20)24-9-26-28(22,27-21)25-8-23-5-4-19-7-18-10-11(15)16-6-17-12(10)19/h6-7,21H,4-5,8-9H2,1-3H3,(H2,15,16,17). The van der Waals surface area contributed by atoms with Gasteiger partial charge in [-0.15, -0.1) is 4.67 Å². The van der Waals surface area contributed by atoms with Gasteiger partial charge in [0.25, 0.3) is 0 Å². The van der Waals surface area contributed by atoms with Crippen LogP contribution in [0.3, 0.4) is 0 Å². The molecule has 1 atom stereocenters. The fraction of sp³-hybridized carbons (Fsp3) is 0.571. The van der Waals surface area contributed by atoms with Crippen LogP contribution in [0.4, 0.5) is 5.82 Å². The molecule has 0 aliphatic heterocycles. The molecule has 0 aliphatic carbocycles. The van der Waals surface area contributed by atoms with E-state index in [0.29, 0.717) is 17.7 Å². The van der Waals surface area contributed by atoms with Crippen molar-refractivity contribution in [2.75, 3.05) is 25.9 Å². The van der Waals surface area contributed by atoms with Crippen LogP contribution in [-0.2, 0) is 39.1 Å². The summed E-state index contributed by atoms with van der Waals surface area (Å²) in [5.41, 5.74) is 5.93. The van der Waals surface area contributed by atoms with Crippen molar-refractivity contribution in [2.45, 2.75) is 27.3 Å². The number of phosphoric acid groups is 1. The first-order valence-electron chi connectivity index (χ1n) is 8.05. The van der Waals surface area contributed by atoms with Crippen LogP contribution in [0.2, 0.25) is 0 Å². The van der Waals surface area contributed by atoms with Crippen LogP contribution < -0.4 is 5.73 Å². The zero-order chi connectivity index (χ0) is 20.8. The second-order valence-electron chi connectivity index (χ2n) is 6.48. The number of carbonyl (C=O) groups is 1. The maximum atomic E-state index is 12.0. The lowest BCUT2D eigenvalue weighted by atomic mass is 9.98. The third-order valence-electron chi connectivity index (χ3n) is 3.31. The minimum absolute atomic E-state index is 0.125. The number of nitrogen functional groups attached to an aromatic ring is 1. The highest BCUT2D eigenvalue weighted by atomic mass is 31.2. The number of hydrogen-bond acceptors (Lipinski definition) is 12. The van der Waals surface area contributed by atoms with E-state index in [0.717, 1.165) is 0 Å². The smallest absolute Gasteiger partial charge is 0.437 e. The molecule has 14 heteroatoms. The fourth-order valence-corrected chi connectivity index (χ4v) is 2.39. The SMILES string of the molecule is CC(C)(C)C(=O)OCOP(=O)(OO)OCOCCn1cnc2c(N)ncnc21. The first-order valence-corrected chi connectivity index (χ1v) is 9.51. The number of fused-ring (bicyclic) bond motifs is 1. The lowest BCUT2D eigenvalue weighted by Gasteiger charge is -2.18. The average molecular weight is 419 g/mol. The van der Waals surface area contributed by atoms with E-state index in [4.69, 9.17) is 25.0 Å². The summed E-state index contributed by atoms with van der Waals surface area (Å²) in [6.07, 6.45) is 2.84. The molecule has 0 saturated carbocycles. The molecule has 2 rings (SSSR count). The Bertz CT molecular complexity index is 852. The third-order valence-corrected chi connectivity index (χ3v) is 4.36. The number of imidazole rings is 1. The highest BCUT2D eigenvalue weighted by Gasteiger charge is 2.29. The number of ether oxygens (including phenoxy) is 2. The van der Waals surface area contributed by atoms with Crippen LogP contribution in [-0.4, -0.2) is 50.9 Å². The van der Waals surface area contributed by atoms with Gasteiger partial charge in [0.15, 0.2) is 18.3 Å². The van der Waals surface area contributed by atoms with Gasteiger partial charge in [0.05, 0.1) is 18.3 Å². The zero-order valence-electron chi connectivity index (χ0n) is 15.6. The van der Waals surface area contributed by atoms with E-state index in [1.807, 2.05) is 0 Å². The quantitative estimate of drug-likeness (QED) is 0.142. The molecule has 2 aromatic heterocycles. The maximum absolute atomic E-state index is 12.0. The minimum atomic E-state index is -4.36. The van der Waals surface area contributed by atoms with E-state index >= 15 is 0 Å². The van der Waals surface area contributed by atoms with Gasteiger partial charge in [-0.1, -0.05) is 0 Å². The Kier molecular flexibility index (Phi) is 7.41. The summed E-state index contributed by atoms with van der Waals surface area (Å²) in [6.45, 7) is 4.11. The van der Waals surface area contributed by atoms with Crippen LogP contribution in [0.25, 0.3) is 11.2 Å². The van der Waals surface area contributed by atoms with Gasteiger partial charge in [0.2, 0.25) is 6.79 Å². The summed E-state index contributed by atoms with van der Waals surface area (Å²) in [5.74, 6) is -0.330. The fourth-order valence-electron chi connectivity index (χ4n) is 1.83. The minimum Gasteiger partial charge on any atom is -0.437 e. The van der Waals surface area contributed by atoms with Crippen molar-refractivity contribution in [3.05, 3.63) is 12.7 Å². The van der Waals surface area contributed by atoms with Gasteiger partial charge in [-0.3, -0.25) is 9.32 Å². The number of carbonyl (C=O) groups excluding carboxylic acids is 1. The number of hydrogen-bond donors (Lipinski definition) is 2. The van der Waals surface area contributed by atoms with Gasteiger partial charge in [-0.05, 0) is 20.8 Å². The number of phosphoric ester groups is 1. The van der Waals surface area contributed by atoms with E-state index < -0.39 is 32.8 Å². The molecule has 28 heavy (non-hydrogen) atoms. The van der Waals surface area contributed by atoms with Crippen molar-refractivity contribution in [1.29, 1.82) is 0 Å². The topological polar surface area (TPSA) is 170 Å². The lowest BCUT2D eigenvalue weighted by molar-refractivity contribution is -0.186. The third kappa shape index (κ3) is 5.92. The monoisotopic (exact) mass is 419 g/mol. The van der Waals surface area contributed by atoms with Crippen molar-refractivity contribution in [1.82, 2.24) is 19.5 Å². The highest BCUT2D eigenvalue weighted by molar-refractivity contribution is 7.48. The number of esters is 1. The summed E-state index contributed by atoms with van der Waals surface area (Å²) in [5, 5.41) is 8.71. The van der Waals surface area contributed by atoms with E-state index in [1.165, 1.54) is 12.7 Å². The van der Waals surface area contributed by atoms with Gasteiger partial charge >= 0.3 is 13.8 Å². The second kappa shape index (κ2) is 9.37. The molecule has 0 radical (unpaired) electrons. The zero-order valence-corrected chi connectivity index (χ0v) is 16.5. The van der Waals surface area contributed by atoms with Gasteiger partial charge in [-0.25, -0.2) is 29.3 Å². The molecule has 156 valence electrons. The van der Waals surface area contributed by atoms with Crippen LogP contribution in [0.5, 0.6) is 0 Å². The molecule has 0 fully saturated rings. The molecule has 1 unspecified atom stereocenters. The van der Waals surface area contributed by atoms with Crippen LogP contribution in [0.1, 0.15) is 20.8 Å². The van der Waals surface area contributed by atoms with Crippen molar-refractivity contribution in [3.63, 3.8) is 0 Å². The molecule has 0 aliphatic rings. The van der Waals surface area contributed by atoms with Crippen LogP contribution in [0.15, 0.2) is 12.7 Å². The van der Waals surface area contributed by atoms with Crippen molar-refractivity contribution in [2.24, 2.45) is 5.41 Å². The van der Waals surface area contributed by atoms with Crippen molar-refractivity contribution < 1.29 is 37.8 Å². The summed E-state index contributed by atoms with van der Waals surface area (Å²) in [7, 11) is -4.36. The molecule has 0 amide bonds. The summed E-state index contributed by atoms with van der Waals surface area (Å²) in [4.78, 5) is 23.6. The Morgan fingerprint density at radius 3 is 2.64 bits per heavy atom. The predicted molar refractivity (Wildman–Crippen MR) is 94.5 cm³/mol. The Hall–Kier alpha value is -2.15. The van der Waals surface area contributed by atoms with E-state index in [2.05, 4.69) is 24.2 Å². The molecule has 13 nitrogen and oxygen atoms in total. The molecule has 0 saturated heterocycles. The molecule has 0 bridgehead atoms. The number of rotatable bonds is 10. The molecular weight excluding hydrogens is 397 g/mol. The normalized spacial score (nSPS) is 14.1. The average Bonchev–Trinajstić information content (AvgIpc) is 3.05. The summed E-state index contributed by atoms with van der Waals surface area (Å²) >= 11 is 0. The maximum Gasteiger partial charge on any atom is 0.506 e. The van der Waals surface area contributed by atoms with Crippen molar-refractivity contribution in [3.8, 4) is 0 Å². The number of aromatic nitrogens is 4. The summed E-state index contributed by atoms with van der Waals surface area (Å²) in [6, 6.07) is 0. The Morgan fingerprint density at radius 1 is 1.25 bits per heavy atom. The number of nitrogens with zero attached hydrogens (tertiary/aromatic N) is 4. The molecule has 0 spiro atoms. The van der Waals surface area contributed by atoms with Crippen LogP contribution >= 0.6 is 7.82 Å². The van der Waals surface area contributed by atoms with E-state index in [-0.39, 0.29) is 12.4 Å². The first-order chi connectivity index (χ1) is 13.2. The van der Waals surface area contributed by atoms with E-state index in [1.54, 1.807) is 25.3 Å². The van der Waals surface area contributed by atoms with Crippen LogP contribution in [0, 0.1) is 5.41 Å². The lowest BCUT2D eigenvalue weighted by Crippen LogP contribution is -2.24. The highest BCUT2D eigenvalue weighted by Crippen LogP contribution is 2.48. The number of nitrogens with two attached hydrogens (primary N) is 1. The Balaban J connectivity index is 1.74. The van der Waals surface area contributed by atoms with Crippen molar-refractivity contribution >= 4 is 30.8 Å². The van der Waals surface area contributed by atoms with Gasteiger partial charge in [0, 0.05) is 6.54 Å². The predicted octanol–water partition coefficient (Wildman–Crippen LogP) is 1.56. The van der Waals surface area contributed by atoms with Gasteiger partial charge in [-0.2, -0.15) is 0 Å². The molecule has 2 heterocycles. The van der Waals surface area contributed by atoms with E-state index in [9.17, 15) is 9.36 Å². The number of anilines is 1. The largest absolute Gasteiger partial charge is 0.506 e. The van der Waals surface area contributed by atoms with Gasteiger partial charge < -0.3 is 19.8 Å². The van der Waals surface area contributed by atoms with Gasteiger partial charge in [0.1, 0.15) is 11.8 Å². The first kappa shape index (κ1) is 22.1. The Labute approximate surface area is 160 Å². The second-order valence-corrected chi connectivity index (χ2v) is 8.06. The molecule has 2 aromatic rings. The molecule has 0 aromatic carbocycles. The summed E-state index contributed by atoms with van der Waals surface area (Å²) < 4.78 is 36.7. The Morgan fingerprint density at radius 2 is 1.96 bits per heavy atom. The molecular formula is C14H22N5O8P.